The minimum Gasteiger partial charge on any atom is -0.469 e. The molecule has 0 aliphatic carbocycles. The second-order valence-electron chi connectivity index (χ2n) is 7.78. The van der Waals surface area contributed by atoms with Gasteiger partial charge in [-0.15, -0.1) is 0 Å². The number of esters is 1. The highest BCUT2D eigenvalue weighted by molar-refractivity contribution is 5.92. The Morgan fingerprint density at radius 2 is 1.83 bits per heavy atom. The molecule has 1 amide bonds. The lowest BCUT2D eigenvalue weighted by Gasteiger charge is -2.30. The number of carbonyl (C=O) groups is 2. The molecule has 2 heterocycles. The quantitative estimate of drug-likeness (QED) is 0.797. The number of ether oxygens (including phenoxy) is 1. The van der Waals surface area contributed by atoms with Gasteiger partial charge in [-0.1, -0.05) is 13.8 Å². The third kappa shape index (κ3) is 3.79. The molecule has 134 valence electrons. The molecule has 0 saturated carbocycles. The molecular formula is C18H29N3O3. The van der Waals surface area contributed by atoms with Crippen molar-refractivity contribution in [1.82, 2.24) is 14.7 Å². The predicted octanol–water partition coefficient (Wildman–Crippen LogP) is 2.79. The zero-order chi connectivity index (χ0) is 18.1. The van der Waals surface area contributed by atoms with Crippen LogP contribution in [0.4, 0.5) is 0 Å². The summed E-state index contributed by atoms with van der Waals surface area (Å²) in [6.07, 6.45) is 1.30. The molecule has 0 bridgehead atoms. The van der Waals surface area contributed by atoms with Gasteiger partial charge in [-0.2, -0.15) is 5.10 Å². The first-order valence-corrected chi connectivity index (χ1v) is 8.62. The largest absolute Gasteiger partial charge is 0.469 e. The minimum atomic E-state index is -0.179. The van der Waals surface area contributed by atoms with Crippen molar-refractivity contribution >= 4 is 11.9 Å². The summed E-state index contributed by atoms with van der Waals surface area (Å²) in [6.45, 7) is 11.6. The molecule has 2 rings (SSSR count). The van der Waals surface area contributed by atoms with Gasteiger partial charge in [0.05, 0.1) is 18.6 Å². The van der Waals surface area contributed by atoms with Gasteiger partial charge < -0.3 is 9.64 Å². The molecule has 1 fully saturated rings. The van der Waals surface area contributed by atoms with E-state index in [1.807, 2.05) is 10.7 Å². The van der Waals surface area contributed by atoms with Crippen LogP contribution in [0, 0.1) is 5.92 Å². The van der Waals surface area contributed by atoms with E-state index in [9.17, 15) is 9.59 Å². The van der Waals surface area contributed by atoms with Crippen molar-refractivity contribution in [2.45, 2.75) is 58.9 Å². The standard InChI is InChI=1S/C18H29N3O3/c1-12(2)15-11-14(19-21(15)18(3,4)5)16(22)20-9-7-13(8-10-20)17(23)24-6/h11-13H,7-10H2,1-6H3. The normalized spacial score (nSPS) is 16.5. The predicted molar refractivity (Wildman–Crippen MR) is 92.0 cm³/mol. The number of nitrogens with zero attached hydrogens (tertiary/aromatic N) is 3. The van der Waals surface area contributed by atoms with Gasteiger partial charge in [0.1, 0.15) is 0 Å². The van der Waals surface area contributed by atoms with E-state index in [2.05, 4.69) is 39.7 Å². The highest BCUT2D eigenvalue weighted by Gasteiger charge is 2.30. The first kappa shape index (κ1) is 18.5. The van der Waals surface area contributed by atoms with Crippen LogP contribution in [0.25, 0.3) is 0 Å². The van der Waals surface area contributed by atoms with Crippen LogP contribution in [-0.4, -0.2) is 46.8 Å². The number of likely N-dealkylation sites (tertiary alicyclic amines) is 1. The fourth-order valence-electron chi connectivity index (χ4n) is 3.10. The molecule has 0 atom stereocenters. The second-order valence-corrected chi connectivity index (χ2v) is 7.78. The van der Waals surface area contributed by atoms with Crippen LogP contribution in [-0.2, 0) is 15.1 Å². The maximum absolute atomic E-state index is 12.8. The van der Waals surface area contributed by atoms with E-state index in [0.717, 1.165) is 5.69 Å². The van der Waals surface area contributed by atoms with E-state index in [1.54, 1.807) is 4.90 Å². The smallest absolute Gasteiger partial charge is 0.308 e. The maximum Gasteiger partial charge on any atom is 0.308 e. The molecule has 1 saturated heterocycles. The Morgan fingerprint density at radius 3 is 2.25 bits per heavy atom. The van der Waals surface area contributed by atoms with E-state index < -0.39 is 0 Å². The van der Waals surface area contributed by atoms with Crippen molar-refractivity contribution in [3.8, 4) is 0 Å². The summed E-state index contributed by atoms with van der Waals surface area (Å²) in [5.41, 5.74) is 1.39. The number of carbonyl (C=O) groups excluding carboxylic acids is 2. The Kier molecular flexibility index (Phi) is 5.35. The molecule has 0 N–H and O–H groups in total. The summed E-state index contributed by atoms with van der Waals surface area (Å²) in [6, 6.07) is 1.91. The van der Waals surface area contributed by atoms with Crippen molar-refractivity contribution in [3.05, 3.63) is 17.5 Å². The zero-order valence-corrected chi connectivity index (χ0v) is 15.6. The molecule has 0 unspecified atom stereocenters. The molecular weight excluding hydrogens is 306 g/mol. The molecule has 1 aliphatic rings. The van der Waals surface area contributed by atoms with Crippen LogP contribution in [0.5, 0.6) is 0 Å². The molecule has 6 nitrogen and oxygen atoms in total. The molecule has 6 heteroatoms. The maximum atomic E-state index is 12.8. The lowest BCUT2D eigenvalue weighted by molar-refractivity contribution is -0.146. The SMILES string of the molecule is COC(=O)C1CCN(C(=O)c2cc(C(C)C)n(C(C)(C)C)n2)CC1. The van der Waals surface area contributed by atoms with Crippen LogP contribution >= 0.6 is 0 Å². The summed E-state index contributed by atoms with van der Waals surface area (Å²) in [5, 5.41) is 4.58. The van der Waals surface area contributed by atoms with Crippen LogP contribution in [0.1, 0.15) is 69.6 Å². The van der Waals surface area contributed by atoms with Gasteiger partial charge in [0.2, 0.25) is 0 Å². The molecule has 24 heavy (non-hydrogen) atoms. The van der Waals surface area contributed by atoms with Crippen molar-refractivity contribution in [1.29, 1.82) is 0 Å². The third-order valence-electron chi connectivity index (χ3n) is 4.50. The number of piperidine rings is 1. The third-order valence-corrected chi connectivity index (χ3v) is 4.50. The van der Waals surface area contributed by atoms with Gasteiger partial charge in [-0.3, -0.25) is 14.3 Å². The topological polar surface area (TPSA) is 64.4 Å². The molecule has 1 aromatic rings. The van der Waals surface area contributed by atoms with Gasteiger partial charge in [-0.05, 0) is 45.6 Å². The number of rotatable bonds is 3. The number of methoxy groups -OCH3 is 1. The van der Waals surface area contributed by atoms with E-state index in [-0.39, 0.29) is 23.3 Å². The molecule has 0 spiro atoms. The number of aromatic nitrogens is 2. The second kappa shape index (κ2) is 6.95. The van der Waals surface area contributed by atoms with Crippen LogP contribution in [0.15, 0.2) is 6.07 Å². The van der Waals surface area contributed by atoms with E-state index >= 15 is 0 Å². The summed E-state index contributed by atoms with van der Waals surface area (Å²) in [7, 11) is 1.41. The van der Waals surface area contributed by atoms with Crippen LogP contribution in [0.3, 0.4) is 0 Å². The lowest BCUT2D eigenvalue weighted by atomic mass is 9.97. The highest BCUT2D eigenvalue weighted by Crippen LogP contribution is 2.25. The average Bonchev–Trinajstić information content (AvgIpc) is 2.99. The molecule has 1 aromatic heterocycles. The first-order valence-electron chi connectivity index (χ1n) is 8.62. The Balaban J connectivity index is 2.15. The lowest BCUT2D eigenvalue weighted by Crippen LogP contribution is -2.40. The van der Waals surface area contributed by atoms with Gasteiger partial charge in [0.25, 0.3) is 5.91 Å². The number of hydrogen-bond donors (Lipinski definition) is 0. The van der Waals surface area contributed by atoms with Crippen LogP contribution in [0.2, 0.25) is 0 Å². The van der Waals surface area contributed by atoms with Gasteiger partial charge in [0.15, 0.2) is 5.69 Å². The van der Waals surface area contributed by atoms with Gasteiger partial charge >= 0.3 is 5.97 Å². The monoisotopic (exact) mass is 335 g/mol. The van der Waals surface area contributed by atoms with Gasteiger partial charge in [-0.25, -0.2) is 0 Å². The van der Waals surface area contributed by atoms with Crippen molar-refractivity contribution < 1.29 is 14.3 Å². The van der Waals surface area contributed by atoms with Crippen LogP contribution < -0.4 is 0 Å². The Bertz CT molecular complexity index is 606. The Morgan fingerprint density at radius 1 is 1.25 bits per heavy atom. The Labute approximate surface area is 144 Å². The fourth-order valence-corrected chi connectivity index (χ4v) is 3.10. The highest BCUT2D eigenvalue weighted by atomic mass is 16.5. The van der Waals surface area contributed by atoms with E-state index in [0.29, 0.717) is 37.5 Å². The van der Waals surface area contributed by atoms with Gasteiger partial charge in [0, 0.05) is 18.8 Å². The fraction of sp³-hybridized carbons (Fsp3) is 0.722. The summed E-state index contributed by atoms with van der Waals surface area (Å²) in [4.78, 5) is 26.2. The minimum absolute atomic E-state index is 0.0526. The number of hydrogen-bond acceptors (Lipinski definition) is 4. The first-order chi connectivity index (χ1) is 11.1. The number of amides is 1. The molecule has 1 aliphatic heterocycles. The molecule has 0 radical (unpaired) electrons. The van der Waals surface area contributed by atoms with Crippen molar-refractivity contribution in [2.24, 2.45) is 5.92 Å². The summed E-state index contributed by atoms with van der Waals surface area (Å²) >= 11 is 0. The van der Waals surface area contributed by atoms with Crippen molar-refractivity contribution in [2.75, 3.05) is 20.2 Å². The summed E-state index contributed by atoms with van der Waals surface area (Å²) in [5.74, 6) is -0.0369. The summed E-state index contributed by atoms with van der Waals surface area (Å²) < 4.78 is 6.75. The Hall–Kier alpha value is -1.85. The zero-order valence-electron chi connectivity index (χ0n) is 15.6. The van der Waals surface area contributed by atoms with Crippen molar-refractivity contribution in [3.63, 3.8) is 0 Å². The van der Waals surface area contributed by atoms with E-state index in [1.165, 1.54) is 7.11 Å². The average molecular weight is 335 g/mol. The van der Waals surface area contributed by atoms with E-state index in [4.69, 9.17) is 4.74 Å². The molecule has 0 aromatic carbocycles.